The summed E-state index contributed by atoms with van der Waals surface area (Å²) in [5, 5.41) is 6.14. The minimum atomic E-state index is -3.52. The first-order chi connectivity index (χ1) is 12.9. The lowest BCUT2D eigenvalue weighted by Gasteiger charge is -2.18. The van der Waals surface area contributed by atoms with E-state index in [4.69, 9.17) is 0 Å². The van der Waals surface area contributed by atoms with Crippen LogP contribution in [0.15, 0.2) is 58.4 Å². The van der Waals surface area contributed by atoms with Crippen molar-refractivity contribution in [1.82, 2.24) is 9.62 Å². The molecular formula is C19H22N4O3S. The minimum absolute atomic E-state index is 0.144. The molecule has 0 radical (unpaired) electrons. The monoisotopic (exact) mass is 386 g/mol. The molecule has 27 heavy (non-hydrogen) atoms. The lowest BCUT2D eigenvalue weighted by molar-refractivity contribution is 0.102. The number of carbonyl (C=O) groups is 1. The Hall–Kier alpha value is -2.71. The number of sulfonamides is 1. The van der Waals surface area contributed by atoms with Gasteiger partial charge in [0.05, 0.1) is 10.6 Å². The highest BCUT2D eigenvalue weighted by Gasteiger charge is 2.18. The van der Waals surface area contributed by atoms with E-state index in [1.165, 1.54) is 38.4 Å². The van der Waals surface area contributed by atoms with Gasteiger partial charge in [0, 0.05) is 38.3 Å². The van der Waals surface area contributed by atoms with Gasteiger partial charge in [-0.2, -0.15) is 0 Å². The molecule has 0 aromatic heterocycles. The van der Waals surface area contributed by atoms with Gasteiger partial charge >= 0.3 is 0 Å². The first-order valence-electron chi connectivity index (χ1n) is 8.61. The Bertz CT molecular complexity index is 967. The van der Waals surface area contributed by atoms with E-state index in [0.717, 1.165) is 35.2 Å². The molecule has 2 aromatic carbocycles. The number of benzene rings is 2. The number of anilines is 1. The van der Waals surface area contributed by atoms with Gasteiger partial charge in [-0.1, -0.05) is 12.1 Å². The summed E-state index contributed by atoms with van der Waals surface area (Å²) in [6, 6.07) is 13.3. The standard InChI is InChI=1S/C19H22N4O3S/c1-23(2)27(25,26)15-10-8-14(9-11-15)19(24)22-17-7-4-3-6-16(17)18-20-12-5-13-21-18/h3-4,6-11H,5,12-13H2,1-2H3,(H,20,21)(H,22,24). The highest BCUT2D eigenvalue weighted by Crippen LogP contribution is 2.19. The summed E-state index contributed by atoms with van der Waals surface area (Å²) in [7, 11) is -0.588. The fourth-order valence-electron chi connectivity index (χ4n) is 2.70. The Morgan fingerprint density at radius 3 is 2.44 bits per heavy atom. The molecule has 0 unspecified atom stereocenters. The largest absolute Gasteiger partial charge is 0.370 e. The third kappa shape index (κ3) is 4.17. The molecular weight excluding hydrogens is 364 g/mol. The van der Waals surface area contributed by atoms with E-state index in [0.29, 0.717) is 11.3 Å². The van der Waals surface area contributed by atoms with Gasteiger partial charge in [-0.05, 0) is 42.8 Å². The van der Waals surface area contributed by atoms with E-state index in [1.54, 1.807) is 0 Å². The highest BCUT2D eigenvalue weighted by atomic mass is 32.2. The van der Waals surface area contributed by atoms with Gasteiger partial charge in [-0.15, -0.1) is 0 Å². The van der Waals surface area contributed by atoms with E-state index in [-0.39, 0.29) is 10.8 Å². The number of amidine groups is 1. The van der Waals surface area contributed by atoms with Gasteiger partial charge in [0.15, 0.2) is 0 Å². The quantitative estimate of drug-likeness (QED) is 0.821. The fraction of sp³-hybridized carbons (Fsp3) is 0.263. The zero-order valence-corrected chi connectivity index (χ0v) is 16.1. The molecule has 0 saturated heterocycles. The summed E-state index contributed by atoms with van der Waals surface area (Å²) in [4.78, 5) is 17.2. The molecule has 2 N–H and O–H groups in total. The van der Waals surface area contributed by atoms with Crippen molar-refractivity contribution in [3.8, 4) is 0 Å². The number of carbonyl (C=O) groups excluding carboxylic acids is 1. The van der Waals surface area contributed by atoms with Crippen LogP contribution >= 0.6 is 0 Å². The summed E-state index contributed by atoms with van der Waals surface area (Å²) < 4.78 is 25.4. The van der Waals surface area contributed by atoms with Crippen molar-refractivity contribution in [1.29, 1.82) is 0 Å². The first-order valence-corrected chi connectivity index (χ1v) is 10.1. The van der Waals surface area contributed by atoms with Crippen molar-refractivity contribution in [3.63, 3.8) is 0 Å². The SMILES string of the molecule is CN(C)S(=O)(=O)c1ccc(C(=O)Nc2ccccc2C2=NCCCN2)cc1. The van der Waals surface area contributed by atoms with Gasteiger partial charge in [-0.3, -0.25) is 9.79 Å². The number of nitrogens with one attached hydrogen (secondary N) is 2. The Kier molecular flexibility index (Phi) is 5.57. The Balaban J connectivity index is 1.81. The van der Waals surface area contributed by atoms with Crippen LogP contribution < -0.4 is 10.6 Å². The van der Waals surface area contributed by atoms with Crippen LogP contribution in [0.25, 0.3) is 0 Å². The summed E-state index contributed by atoms with van der Waals surface area (Å²) in [6.45, 7) is 1.61. The maximum absolute atomic E-state index is 12.6. The number of hydrogen-bond donors (Lipinski definition) is 2. The maximum Gasteiger partial charge on any atom is 0.255 e. The molecule has 0 spiro atoms. The van der Waals surface area contributed by atoms with Gasteiger partial charge < -0.3 is 10.6 Å². The summed E-state index contributed by atoms with van der Waals surface area (Å²) in [5.74, 6) is 0.456. The van der Waals surface area contributed by atoms with Crippen LogP contribution in [-0.2, 0) is 10.0 Å². The lowest BCUT2D eigenvalue weighted by Crippen LogP contribution is -2.31. The molecule has 1 amide bonds. The number of hydrogen-bond acceptors (Lipinski definition) is 5. The van der Waals surface area contributed by atoms with Crippen molar-refractivity contribution in [2.45, 2.75) is 11.3 Å². The van der Waals surface area contributed by atoms with Crippen LogP contribution in [0.2, 0.25) is 0 Å². The van der Waals surface area contributed by atoms with Crippen LogP contribution in [0.5, 0.6) is 0 Å². The predicted octanol–water partition coefficient (Wildman–Crippen LogP) is 1.93. The minimum Gasteiger partial charge on any atom is -0.370 e. The molecule has 8 heteroatoms. The Morgan fingerprint density at radius 2 is 1.81 bits per heavy atom. The van der Waals surface area contributed by atoms with Crippen LogP contribution in [0.1, 0.15) is 22.3 Å². The molecule has 1 heterocycles. The molecule has 0 fully saturated rings. The molecule has 0 saturated carbocycles. The van der Waals surface area contributed by atoms with Gasteiger partial charge in [-0.25, -0.2) is 12.7 Å². The van der Waals surface area contributed by atoms with Crippen molar-refractivity contribution in [2.75, 3.05) is 32.5 Å². The number of amides is 1. The molecule has 2 aromatic rings. The third-order valence-corrected chi connectivity index (χ3v) is 6.05. The van der Waals surface area contributed by atoms with Crippen LogP contribution in [0.4, 0.5) is 5.69 Å². The fourth-order valence-corrected chi connectivity index (χ4v) is 3.60. The van der Waals surface area contributed by atoms with E-state index in [9.17, 15) is 13.2 Å². The zero-order chi connectivity index (χ0) is 19.4. The molecule has 142 valence electrons. The average molecular weight is 386 g/mol. The van der Waals surface area contributed by atoms with Gasteiger partial charge in [0.25, 0.3) is 5.91 Å². The smallest absolute Gasteiger partial charge is 0.255 e. The van der Waals surface area contributed by atoms with Crippen molar-refractivity contribution in [3.05, 3.63) is 59.7 Å². The predicted molar refractivity (Wildman–Crippen MR) is 106 cm³/mol. The topological polar surface area (TPSA) is 90.9 Å². The summed E-state index contributed by atoms with van der Waals surface area (Å²) in [6.07, 6.45) is 0.986. The van der Waals surface area contributed by atoms with E-state index in [1.807, 2.05) is 24.3 Å². The van der Waals surface area contributed by atoms with Crippen LogP contribution in [0, 0.1) is 0 Å². The van der Waals surface area contributed by atoms with E-state index in [2.05, 4.69) is 15.6 Å². The maximum atomic E-state index is 12.6. The second-order valence-electron chi connectivity index (χ2n) is 6.32. The molecule has 1 aliphatic rings. The van der Waals surface area contributed by atoms with Crippen molar-refractivity contribution >= 4 is 27.5 Å². The second-order valence-corrected chi connectivity index (χ2v) is 8.47. The Labute approximate surface area is 159 Å². The first kappa shape index (κ1) is 19.1. The van der Waals surface area contributed by atoms with Gasteiger partial charge in [0.2, 0.25) is 10.0 Å². The Morgan fingerprint density at radius 1 is 1.11 bits per heavy atom. The summed E-state index contributed by atoms with van der Waals surface area (Å²) >= 11 is 0. The zero-order valence-electron chi connectivity index (χ0n) is 15.3. The molecule has 0 bridgehead atoms. The third-order valence-electron chi connectivity index (χ3n) is 4.22. The molecule has 7 nitrogen and oxygen atoms in total. The number of rotatable bonds is 5. The number of para-hydroxylation sites is 1. The number of aliphatic imine (C=N–C) groups is 1. The highest BCUT2D eigenvalue weighted by molar-refractivity contribution is 7.89. The number of nitrogens with zero attached hydrogens (tertiary/aromatic N) is 2. The van der Waals surface area contributed by atoms with E-state index >= 15 is 0 Å². The normalized spacial score (nSPS) is 14.4. The van der Waals surface area contributed by atoms with Crippen molar-refractivity contribution in [2.24, 2.45) is 4.99 Å². The average Bonchev–Trinajstić information content (AvgIpc) is 2.69. The summed E-state index contributed by atoms with van der Waals surface area (Å²) in [5.41, 5.74) is 1.86. The van der Waals surface area contributed by atoms with Crippen LogP contribution in [0.3, 0.4) is 0 Å². The molecule has 3 rings (SSSR count). The van der Waals surface area contributed by atoms with E-state index < -0.39 is 10.0 Å². The van der Waals surface area contributed by atoms with Crippen molar-refractivity contribution < 1.29 is 13.2 Å². The molecule has 0 aliphatic carbocycles. The second kappa shape index (κ2) is 7.89. The lowest BCUT2D eigenvalue weighted by atomic mass is 10.1. The van der Waals surface area contributed by atoms with Gasteiger partial charge in [0.1, 0.15) is 5.84 Å². The van der Waals surface area contributed by atoms with Crippen LogP contribution in [-0.4, -0.2) is 51.7 Å². The molecule has 1 aliphatic heterocycles. The molecule has 0 atom stereocenters.